The number of imide groups is 1. The van der Waals surface area contributed by atoms with Crippen molar-refractivity contribution in [2.45, 2.75) is 25.4 Å². The number of carbonyl (C=O) groups excluding carboxylic acids is 3. The molecule has 2 amide bonds. The van der Waals surface area contributed by atoms with Gasteiger partial charge in [0.25, 0.3) is 0 Å². The van der Waals surface area contributed by atoms with Gasteiger partial charge in [0.1, 0.15) is 23.6 Å². The molecule has 29 heavy (non-hydrogen) atoms. The van der Waals surface area contributed by atoms with E-state index in [0.29, 0.717) is 11.4 Å². The van der Waals surface area contributed by atoms with E-state index in [1.165, 1.54) is 16.2 Å². The van der Waals surface area contributed by atoms with Crippen molar-refractivity contribution in [1.29, 1.82) is 0 Å². The second-order valence-corrected chi connectivity index (χ2v) is 8.40. The van der Waals surface area contributed by atoms with Crippen molar-refractivity contribution in [2.24, 2.45) is 11.8 Å². The molecule has 2 fully saturated rings. The van der Waals surface area contributed by atoms with Crippen molar-refractivity contribution >= 4 is 34.8 Å². The maximum Gasteiger partial charge on any atom is 0.368 e. The van der Waals surface area contributed by atoms with Crippen molar-refractivity contribution < 1.29 is 29.2 Å². The lowest BCUT2D eigenvalue weighted by molar-refractivity contribution is -0.730. The number of carbonyl (C=O) groups is 3. The zero-order valence-electron chi connectivity index (χ0n) is 16.5. The number of quaternary nitrogens is 1. The topological polar surface area (TPSA) is 89.5 Å². The summed E-state index contributed by atoms with van der Waals surface area (Å²) in [6.45, 7) is 3.66. The number of esters is 1. The van der Waals surface area contributed by atoms with Crippen LogP contribution in [0.15, 0.2) is 41.8 Å². The summed E-state index contributed by atoms with van der Waals surface area (Å²) in [4.78, 5) is 41.9. The highest BCUT2D eigenvalue weighted by atomic mass is 32.1. The fraction of sp³-hybridized carbons (Fsp3) is 0.381. The minimum atomic E-state index is -1.16. The predicted octanol–water partition coefficient (Wildman–Crippen LogP) is 1.50. The number of nitrogens with zero attached hydrogens (tertiary/aromatic N) is 1. The number of ether oxygens (including phenoxy) is 2. The molecule has 0 saturated carbocycles. The van der Waals surface area contributed by atoms with Crippen LogP contribution in [0.1, 0.15) is 24.8 Å². The van der Waals surface area contributed by atoms with Gasteiger partial charge in [0.15, 0.2) is 0 Å². The molecule has 2 N–H and O–H groups in total. The van der Waals surface area contributed by atoms with Gasteiger partial charge in [0.2, 0.25) is 17.4 Å². The molecule has 0 spiro atoms. The number of hydrogen-bond acceptors (Lipinski definition) is 6. The Labute approximate surface area is 172 Å². The van der Waals surface area contributed by atoms with Crippen LogP contribution in [-0.4, -0.2) is 37.0 Å². The molecule has 1 aromatic carbocycles. The number of benzene rings is 1. The number of rotatable bonds is 5. The van der Waals surface area contributed by atoms with Crippen LogP contribution in [0.5, 0.6) is 5.75 Å². The van der Waals surface area contributed by atoms with Crippen LogP contribution < -0.4 is 15.0 Å². The Morgan fingerprint density at radius 2 is 1.93 bits per heavy atom. The summed E-state index contributed by atoms with van der Waals surface area (Å²) >= 11 is 1.52. The van der Waals surface area contributed by atoms with Gasteiger partial charge < -0.3 is 14.8 Å². The summed E-state index contributed by atoms with van der Waals surface area (Å²) in [5.74, 6) is -1.90. The maximum atomic E-state index is 13.4. The molecule has 4 atom stereocenters. The predicted molar refractivity (Wildman–Crippen MR) is 106 cm³/mol. The molecule has 0 radical (unpaired) electrons. The molecule has 0 aliphatic carbocycles. The monoisotopic (exact) mass is 415 g/mol. The Hall–Kier alpha value is -2.71. The molecule has 3 heterocycles. The van der Waals surface area contributed by atoms with Crippen molar-refractivity contribution in [3.8, 4) is 5.75 Å². The molecule has 4 rings (SSSR count). The minimum Gasteiger partial charge on any atom is -0.497 e. The van der Waals surface area contributed by atoms with Crippen LogP contribution in [-0.2, 0) is 19.1 Å². The van der Waals surface area contributed by atoms with Crippen molar-refractivity contribution in [1.82, 2.24) is 0 Å². The molecule has 1 aromatic heterocycles. The van der Waals surface area contributed by atoms with Crippen LogP contribution in [0.3, 0.4) is 0 Å². The summed E-state index contributed by atoms with van der Waals surface area (Å²) < 4.78 is 10.5. The second kappa shape index (κ2) is 7.27. The van der Waals surface area contributed by atoms with Gasteiger partial charge in [-0.25, -0.2) is 9.69 Å². The Kier molecular flexibility index (Phi) is 4.92. The quantitative estimate of drug-likeness (QED) is 0.591. The maximum absolute atomic E-state index is 13.4. The summed E-state index contributed by atoms with van der Waals surface area (Å²) in [6, 6.07) is 10.3. The first kappa shape index (κ1) is 19.6. The van der Waals surface area contributed by atoms with Gasteiger partial charge in [0.05, 0.1) is 24.3 Å². The molecule has 2 aliphatic heterocycles. The summed E-state index contributed by atoms with van der Waals surface area (Å²) in [5.41, 5.74) is -0.685. The van der Waals surface area contributed by atoms with E-state index in [2.05, 4.69) is 0 Å². The number of methoxy groups -OCH3 is 1. The molecule has 0 bridgehead atoms. The van der Waals surface area contributed by atoms with E-state index < -0.39 is 23.3 Å². The number of anilines is 1. The Bertz CT molecular complexity index is 942. The van der Waals surface area contributed by atoms with Gasteiger partial charge in [-0.15, -0.1) is 11.3 Å². The van der Waals surface area contributed by atoms with Gasteiger partial charge in [0, 0.05) is 6.92 Å². The first-order chi connectivity index (χ1) is 13.9. The fourth-order valence-electron chi connectivity index (χ4n) is 4.47. The molecule has 2 aromatic rings. The molecular weight excluding hydrogens is 392 g/mol. The smallest absolute Gasteiger partial charge is 0.368 e. The number of nitrogens with two attached hydrogens (primary N) is 1. The second-order valence-electron chi connectivity index (χ2n) is 7.42. The summed E-state index contributed by atoms with van der Waals surface area (Å²) in [5, 5.41) is 3.77. The van der Waals surface area contributed by atoms with Crippen molar-refractivity contribution in [2.75, 3.05) is 18.6 Å². The van der Waals surface area contributed by atoms with Crippen LogP contribution in [0, 0.1) is 11.8 Å². The third kappa shape index (κ3) is 2.94. The van der Waals surface area contributed by atoms with E-state index in [-0.39, 0.29) is 24.5 Å². The van der Waals surface area contributed by atoms with Gasteiger partial charge in [-0.1, -0.05) is 6.07 Å². The highest BCUT2D eigenvalue weighted by Gasteiger charge is 2.71. The van der Waals surface area contributed by atoms with E-state index >= 15 is 0 Å². The Morgan fingerprint density at radius 1 is 1.21 bits per heavy atom. The Morgan fingerprint density at radius 3 is 2.52 bits per heavy atom. The molecule has 7 nitrogen and oxygen atoms in total. The van der Waals surface area contributed by atoms with Crippen LogP contribution >= 0.6 is 11.3 Å². The van der Waals surface area contributed by atoms with E-state index in [9.17, 15) is 14.4 Å². The number of fused-ring (bicyclic) bond motifs is 1. The number of thiophene rings is 1. The third-order valence-corrected chi connectivity index (χ3v) is 6.80. The molecular formula is C21H23N2O5S+. The van der Waals surface area contributed by atoms with E-state index in [4.69, 9.17) is 9.47 Å². The average Bonchev–Trinajstić information content (AvgIpc) is 3.40. The first-order valence-corrected chi connectivity index (χ1v) is 10.4. The van der Waals surface area contributed by atoms with Crippen LogP contribution in [0.25, 0.3) is 0 Å². The average molecular weight is 415 g/mol. The fourth-order valence-corrected chi connectivity index (χ4v) is 5.31. The molecule has 152 valence electrons. The van der Waals surface area contributed by atoms with Crippen molar-refractivity contribution in [3.63, 3.8) is 0 Å². The summed E-state index contributed by atoms with van der Waals surface area (Å²) in [7, 11) is 1.55. The molecule has 0 unspecified atom stereocenters. The minimum absolute atomic E-state index is 0.216. The van der Waals surface area contributed by atoms with E-state index in [0.717, 1.165) is 4.88 Å². The molecule has 2 aliphatic rings. The zero-order valence-corrected chi connectivity index (χ0v) is 17.3. The van der Waals surface area contributed by atoms with Gasteiger partial charge >= 0.3 is 5.97 Å². The van der Waals surface area contributed by atoms with Crippen LogP contribution in [0.2, 0.25) is 0 Å². The first-order valence-electron chi connectivity index (χ1n) is 9.51. The van der Waals surface area contributed by atoms with Crippen molar-refractivity contribution in [3.05, 3.63) is 46.7 Å². The summed E-state index contributed by atoms with van der Waals surface area (Å²) in [6.07, 6.45) is 0. The highest BCUT2D eigenvalue weighted by Crippen LogP contribution is 2.46. The lowest BCUT2D eigenvalue weighted by atomic mass is 9.81. The van der Waals surface area contributed by atoms with Gasteiger partial charge in [-0.05, 0) is 42.6 Å². The molecule has 2 saturated heterocycles. The third-order valence-electron chi connectivity index (χ3n) is 5.83. The highest BCUT2D eigenvalue weighted by molar-refractivity contribution is 7.10. The van der Waals surface area contributed by atoms with Gasteiger partial charge in [-0.3, -0.25) is 9.59 Å². The number of amides is 2. The standard InChI is InChI=1S/C21H22N2O5S/c1-4-28-20(26)21(2)16-15(17(22-21)14-6-5-11-29-14)18(24)23(19(16)25)12-7-9-13(27-3)10-8-12/h5-11,15-17,22H,4H2,1-3H3/p+1/t15-,16-,17-,21-/m0/s1. The lowest BCUT2D eigenvalue weighted by Crippen LogP contribution is -2.97. The zero-order chi connectivity index (χ0) is 20.8. The van der Waals surface area contributed by atoms with Crippen LogP contribution in [0.4, 0.5) is 5.69 Å². The SMILES string of the molecule is CCOC(=O)[C@@]1(C)[NH2+][C@@H](c2cccs2)[C@H]2C(=O)N(c3ccc(OC)cc3)C(=O)[C@H]21. The Balaban J connectivity index is 1.77. The lowest BCUT2D eigenvalue weighted by Gasteiger charge is -2.26. The normalized spacial score (nSPS) is 28.5. The largest absolute Gasteiger partial charge is 0.497 e. The van der Waals surface area contributed by atoms with E-state index in [1.54, 1.807) is 45.2 Å². The van der Waals surface area contributed by atoms with Gasteiger partial charge in [-0.2, -0.15) is 0 Å². The molecule has 8 heteroatoms. The van der Waals surface area contributed by atoms with E-state index in [1.807, 2.05) is 22.8 Å². The number of hydrogen-bond donors (Lipinski definition) is 1.